The Morgan fingerprint density at radius 1 is 1.25 bits per heavy atom. The summed E-state index contributed by atoms with van der Waals surface area (Å²) in [6, 6.07) is 5.67. The van der Waals surface area contributed by atoms with Crippen LogP contribution < -0.4 is 10.6 Å². The van der Waals surface area contributed by atoms with E-state index < -0.39 is 23.1 Å². The van der Waals surface area contributed by atoms with E-state index in [4.69, 9.17) is 27.6 Å². The Morgan fingerprint density at radius 3 is 2.50 bits per heavy atom. The molecule has 0 radical (unpaired) electrons. The van der Waals surface area contributed by atoms with Gasteiger partial charge >= 0.3 is 11.9 Å². The number of carboxylic acid groups (broad SMARTS) is 2. The molecule has 0 aliphatic carbocycles. The van der Waals surface area contributed by atoms with Crippen molar-refractivity contribution in [3.8, 4) is 0 Å². The van der Waals surface area contributed by atoms with Gasteiger partial charge in [0.05, 0.1) is 22.2 Å². The third-order valence-electron chi connectivity index (χ3n) is 3.68. The summed E-state index contributed by atoms with van der Waals surface area (Å²) < 4.78 is 5.24. The van der Waals surface area contributed by atoms with Crippen molar-refractivity contribution in [2.24, 2.45) is 4.99 Å². The van der Waals surface area contributed by atoms with Crippen molar-refractivity contribution in [2.75, 3.05) is 0 Å². The lowest BCUT2D eigenvalue weighted by Crippen LogP contribution is -2.36. The summed E-state index contributed by atoms with van der Waals surface area (Å²) in [6.07, 6.45) is 1.27. The number of halogens is 2. The van der Waals surface area contributed by atoms with E-state index in [0.717, 1.165) is 0 Å². The molecule has 0 fully saturated rings. The Balaban J connectivity index is 2.55. The monoisotopic (exact) mass is 365 g/mol. The van der Waals surface area contributed by atoms with E-state index in [0.29, 0.717) is 0 Å². The number of benzene rings is 1. The molecule has 1 aliphatic rings. The van der Waals surface area contributed by atoms with E-state index in [9.17, 15) is 19.8 Å². The summed E-state index contributed by atoms with van der Waals surface area (Å²) in [7, 11) is 0. The molecular formula is C16H9Cl2NO5. The Morgan fingerprint density at radius 2 is 1.96 bits per heavy atom. The molecule has 0 saturated heterocycles. The van der Waals surface area contributed by atoms with Gasteiger partial charge in [-0.2, -0.15) is 0 Å². The highest BCUT2D eigenvalue weighted by atomic mass is 35.5. The van der Waals surface area contributed by atoms with Crippen molar-refractivity contribution < 1.29 is 24.2 Å². The zero-order chi connectivity index (χ0) is 17.6. The third kappa shape index (κ3) is 2.15. The molecule has 8 heteroatoms. The largest absolute Gasteiger partial charge is 0.479 e. The van der Waals surface area contributed by atoms with Crippen LogP contribution >= 0.6 is 23.2 Å². The molecule has 3 rings (SSSR count). The molecule has 0 spiro atoms. The summed E-state index contributed by atoms with van der Waals surface area (Å²) in [6.45, 7) is 3.49. The SMILES string of the molecule is C=C(C(=O)O)C1=c2c(Cl)cc(Cl)cc2=NC1(C(=O)O)c1ccco1. The fourth-order valence-electron chi connectivity index (χ4n) is 2.71. The highest BCUT2D eigenvalue weighted by molar-refractivity contribution is 6.35. The molecule has 24 heavy (non-hydrogen) atoms. The normalized spacial score (nSPS) is 18.8. The molecule has 0 amide bonds. The molecule has 2 N–H and O–H groups in total. The number of fused-ring (bicyclic) bond motifs is 1. The van der Waals surface area contributed by atoms with E-state index in [1.54, 1.807) is 0 Å². The van der Waals surface area contributed by atoms with Crippen molar-refractivity contribution in [2.45, 2.75) is 5.54 Å². The Kier molecular flexibility index (Phi) is 3.74. The second-order valence-corrected chi connectivity index (χ2v) is 5.89. The van der Waals surface area contributed by atoms with E-state index in [2.05, 4.69) is 11.6 Å². The van der Waals surface area contributed by atoms with Crippen LogP contribution in [0.2, 0.25) is 10.0 Å². The summed E-state index contributed by atoms with van der Waals surface area (Å²) in [5.74, 6) is -2.87. The van der Waals surface area contributed by atoms with Gasteiger partial charge < -0.3 is 14.6 Å². The maximum Gasteiger partial charge on any atom is 0.344 e. The quantitative estimate of drug-likeness (QED) is 0.807. The van der Waals surface area contributed by atoms with Gasteiger partial charge in [-0.15, -0.1) is 0 Å². The molecule has 1 atom stereocenters. The summed E-state index contributed by atoms with van der Waals surface area (Å²) in [4.78, 5) is 27.8. The fourth-order valence-corrected chi connectivity index (χ4v) is 3.29. The second kappa shape index (κ2) is 5.51. The second-order valence-electron chi connectivity index (χ2n) is 5.05. The average molecular weight is 366 g/mol. The van der Waals surface area contributed by atoms with Gasteiger partial charge in [0.15, 0.2) is 0 Å². The van der Waals surface area contributed by atoms with Crippen LogP contribution in [0.5, 0.6) is 0 Å². The molecular weight excluding hydrogens is 357 g/mol. The van der Waals surface area contributed by atoms with Gasteiger partial charge in [-0.25, -0.2) is 9.59 Å². The van der Waals surface area contributed by atoms with Crippen LogP contribution in [0.3, 0.4) is 0 Å². The van der Waals surface area contributed by atoms with Crippen LogP contribution in [-0.2, 0) is 15.1 Å². The molecule has 122 valence electrons. The molecule has 2 aromatic rings. The summed E-state index contributed by atoms with van der Waals surface area (Å²) in [5, 5.41) is 19.9. The first-order valence-electron chi connectivity index (χ1n) is 6.58. The van der Waals surface area contributed by atoms with Crippen LogP contribution in [0.1, 0.15) is 5.76 Å². The van der Waals surface area contributed by atoms with Crippen molar-refractivity contribution >= 4 is 40.7 Å². The predicted octanol–water partition coefficient (Wildman–Crippen LogP) is 1.99. The Labute approximate surface area is 145 Å². The first kappa shape index (κ1) is 16.3. The van der Waals surface area contributed by atoms with Gasteiger partial charge in [-0.1, -0.05) is 29.8 Å². The van der Waals surface area contributed by atoms with Crippen molar-refractivity contribution in [1.29, 1.82) is 0 Å². The molecule has 1 aliphatic heterocycles. The minimum atomic E-state index is -2.10. The van der Waals surface area contributed by atoms with Crippen molar-refractivity contribution in [3.05, 3.63) is 69.1 Å². The van der Waals surface area contributed by atoms with E-state index in [1.807, 2.05) is 0 Å². The number of nitrogens with zero attached hydrogens (tertiary/aromatic N) is 1. The average Bonchev–Trinajstić information content (AvgIpc) is 3.11. The molecule has 1 aromatic heterocycles. The number of furan rings is 1. The first-order chi connectivity index (χ1) is 11.3. The highest BCUT2D eigenvalue weighted by Gasteiger charge is 2.51. The zero-order valence-corrected chi connectivity index (χ0v) is 13.4. The number of hydrogen-bond donors (Lipinski definition) is 2. The number of aliphatic carboxylic acids is 2. The minimum Gasteiger partial charge on any atom is -0.479 e. The lowest BCUT2D eigenvalue weighted by Gasteiger charge is -2.23. The number of carbonyl (C=O) groups is 2. The van der Waals surface area contributed by atoms with E-state index in [-0.39, 0.29) is 32.0 Å². The highest BCUT2D eigenvalue weighted by Crippen LogP contribution is 2.40. The summed E-state index contributed by atoms with van der Waals surface area (Å²) in [5.41, 5.74) is -2.70. The van der Waals surface area contributed by atoms with Crippen LogP contribution in [0, 0.1) is 0 Å². The Hall–Kier alpha value is -2.57. The van der Waals surface area contributed by atoms with Crippen molar-refractivity contribution in [1.82, 2.24) is 0 Å². The maximum atomic E-state index is 12.1. The number of rotatable bonds is 4. The first-order valence-corrected chi connectivity index (χ1v) is 7.34. The molecule has 0 saturated carbocycles. The lowest BCUT2D eigenvalue weighted by atomic mass is 9.83. The summed E-state index contributed by atoms with van der Waals surface area (Å²) >= 11 is 12.1. The van der Waals surface area contributed by atoms with Gasteiger partial charge in [0.1, 0.15) is 5.76 Å². The van der Waals surface area contributed by atoms with Crippen LogP contribution in [0.25, 0.3) is 5.57 Å². The van der Waals surface area contributed by atoms with Gasteiger partial charge in [-0.05, 0) is 24.3 Å². The minimum absolute atomic E-state index is 0.0595. The van der Waals surface area contributed by atoms with Crippen LogP contribution in [-0.4, -0.2) is 22.2 Å². The maximum absolute atomic E-state index is 12.1. The molecule has 0 bridgehead atoms. The van der Waals surface area contributed by atoms with E-state index >= 15 is 0 Å². The molecule has 2 heterocycles. The standard InChI is InChI=1S/C16H9Cl2NO5/c1-7(14(20)21)13-12-9(18)5-8(17)6-10(12)19-16(13,15(22)23)11-3-2-4-24-11/h2-6H,1H2,(H,20,21)(H,22,23). The number of carboxylic acids is 2. The van der Waals surface area contributed by atoms with Crippen LogP contribution in [0.15, 0.2) is 52.1 Å². The molecule has 1 unspecified atom stereocenters. The van der Waals surface area contributed by atoms with Gasteiger partial charge in [0, 0.05) is 15.8 Å². The molecule has 1 aromatic carbocycles. The molecule has 6 nitrogen and oxygen atoms in total. The zero-order valence-electron chi connectivity index (χ0n) is 11.9. The van der Waals surface area contributed by atoms with Crippen molar-refractivity contribution in [3.63, 3.8) is 0 Å². The predicted molar refractivity (Wildman–Crippen MR) is 85.4 cm³/mol. The smallest absolute Gasteiger partial charge is 0.344 e. The lowest BCUT2D eigenvalue weighted by molar-refractivity contribution is -0.141. The van der Waals surface area contributed by atoms with Gasteiger partial charge in [0.25, 0.3) is 0 Å². The topological polar surface area (TPSA) is 100 Å². The fraction of sp³-hybridized carbons (Fsp3) is 0.0625. The van der Waals surface area contributed by atoms with Crippen LogP contribution in [0.4, 0.5) is 0 Å². The third-order valence-corrected chi connectivity index (χ3v) is 4.20. The number of hydrogen-bond acceptors (Lipinski definition) is 4. The van der Waals surface area contributed by atoms with Gasteiger partial charge in [-0.3, -0.25) is 4.99 Å². The van der Waals surface area contributed by atoms with E-state index in [1.165, 1.54) is 30.5 Å². The van der Waals surface area contributed by atoms with Gasteiger partial charge in [0.2, 0.25) is 5.54 Å². The Bertz CT molecular complexity index is 1010.